The molecule has 0 saturated heterocycles. The van der Waals surface area contributed by atoms with E-state index >= 15 is 0 Å². The van der Waals surface area contributed by atoms with Gasteiger partial charge >= 0.3 is 6.03 Å². The van der Waals surface area contributed by atoms with Crippen LogP contribution in [0.1, 0.15) is 11.1 Å². The summed E-state index contributed by atoms with van der Waals surface area (Å²) in [5.74, 6) is 0.316. The minimum atomic E-state index is -0.827. The average molecular weight is 488 g/mol. The number of carbonyl (C=O) groups is 2. The lowest BCUT2D eigenvalue weighted by molar-refractivity contribution is -0.117. The van der Waals surface area contributed by atoms with Gasteiger partial charge in [0.05, 0.1) is 7.11 Å². The molecule has 3 N–H and O–H groups in total. The fraction of sp³-hybridized carbons (Fsp3) is 0.154. The molecule has 0 bridgehead atoms. The molecule has 0 spiro atoms. The molecular weight excluding hydrogens is 462 g/mol. The summed E-state index contributed by atoms with van der Waals surface area (Å²) in [6, 6.07) is 23.1. The summed E-state index contributed by atoms with van der Waals surface area (Å²) in [6.45, 7) is 1.94. The van der Waals surface area contributed by atoms with Crippen LogP contribution in [0.5, 0.6) is 5.75 Å². The molecule has 0 aliphatic heterocycles. The van der Waals surface area contributed by atoms with Gasteiger partial charge in [-0.2, -0.15) is 0 Å². The number of urea groups is 1. The number of benzene rings is 3. The van der Waals surface area contributed by atoms with Crippen molar-refractivity contribution < 1.29 is 14.3 Å². The number of hydrogen-bond donors (Lipinski definition) is 3. The van der Waals surface area contributed by atoms with Gasteiger partial charge in [-0.3, -0.25) is 10.1 Å². The van der Waals surface area contributed by atoms with E-state index in [2.05, 4.69) is 26.1 Å². The second-order valence-electron chi connectivity index (χ2n) is 7.84. The van der Waals surface area contributed by atoms with Crippen molar-refractivity contribution in [2.45, 2.75) is 19.4 Å². The Kier molecular flexibility index (Phi) is 7.69. The van der Waals surface area contributed by atoms with E-state index in [-0.39, 0.29) is 5.91 Å². The van der Waals surface area contributed by atoms with Crippen molar-refractivity contribution in [1.29, 1.82) is 0 Å². The van der Waals surface area contributed by atoms with E-state index in [1.54, 1.807) is 13.2 Å². The molecule has 4 rings (SSSR count). The summed E-state index contributed by atoms with van der Waals surface area (Å²) < 4.78 is 5.26. The van der Waals surface area contributed by atoms with Crippen LogP contribution in [0.2, 0.25) is 0 Å². The number of amides is 3. The second-order valence-corrected chi connectivity index (χ2v) is 8.82. The molecule has 4 aromatic rings. The molecule has 0 saturated carbocycles. The van der Waals surface area contributed by atoms with Crippen LogP contribution < -0.4 is 20.7 Å². The van der Waals surface area contributed by atoms with Crippen LogP contribution >= 0.6 is 11.3 Å². The van der Waals surface area contributed by atoms with Crippen LogP contribution in [0, 0.1) is 6.92 Å². The van der Waals surface area contributed by atoms with Gasteiger partial charge in [-0.25, -0.2) is 4.79 Å². The Hall–Kier alpha value is -4.24. The van der Waals surface area contributed by atoms with E-state index < -0.39 is 12.1 Å². The predicted octanol–water partition coefficient (Wildman–Crippen LogP) is 4.89. The number of aromatic nitrogens is 2. The van der Waals surface area contributed by atoms with Crippen LogP contribution in [0.15, 0.2) is 78.9 Å². The van der Waals surface area contributed by atoms with E-state index in [1.807, 2.05) is 79.7 Å². The predicted molar refractivity (Wildman–Crippen MR) is 138 cm³/mol. The largest absolute Gasteiger partial charge is 0.497 e. The van der Waals surface area contributed by atoms with Crippen molar-refractivity contribution in [3.8, 4) is 16.3 Å². The van der Waals surface area contributed by atoms with Gasteiger partial charge in [0.2, 0.25) is 11.0 Å². The standard InChI is InChI=1S/C26H25N5O3S/c1-17-8-6-12-20(14-17)27-25(33)28-22(15-18-9-4-3-5-10-18)23(32)29-26-31-30-24(35-26)19-11-7-13-21(16-19)34-2/h3-14,16,22H,15H2,1-2H3,(H2,27,28,33)(H,29,31,32). The van der Waals surface area contributed by atoms with Crippen LogP contribution in [0.25, 0.3) is 10.6 Å². The Morgan fingerprint density at radius 3 is 2.51 bits per heavy atom. The highest BCUT2D eigenvalue weighted by Gasteiger charge is 2.23. The highest BCUT2D eigenvalue weighted by atomic mass is 32.1. The minimum Gasteiger partial charge on any atom is -0.497 e. The third-order valence-corrected chi connectivity index (χ3v) is 6.04. The Balaban J connectivity index is 1.48. The summed E-state index contributed by atoms with van der Waals surface area (Å²) >= 11 is 1.24. The average Bonchev–Trinajstić information content (AvgIpc) is 3.33. The Bertz CT molecular complexity index is 1310. The first-order chi connectivity index (χ1) is 17.0. The number of nitrogens with one attached hydrogen (secondary N) is 3. The van der Waals surface area contributed by atoms with Crippen molar-refractivity contribution in [3.63, 3.8) is 0 Å². The quantitative estimate of drug-likeness (QED) is 0.328. The van der Waals surface area contributed by atoms with Crippen molar-refractivity contribution in [2.75, 3.05) is 17.7 Å². The van der Waals surface area contributed by atoms with E-state index in [4.69, 9.17) is 4.74 Å². The molecule has 0 radical (unpaired) electrons. The number of methoxy groups -OCH3 is 1. The van der Waals surface area contributed by atoms with Gasteiger partial charge < -0.3 is 15.4 Å². The lowest BCUT2D eigenvalue weighted by Crippen LogP contribution is -2.46. The fourth-order valence-corrected chi connectivity index (χ4v) is 4.19. The SMILES string of the molecule is COc1cccc(-c2nnc(NC(=O)C(Cc3ccccc3)NC(=O)Nc3cccc(C)c3)s2)c1. The number of aryl methyl sites for hydroxylation is 1. The summed E-state index contributed by atoms with van der Waals surface area (Å²) in [5, 5.41) is 17.6. The van der Waals surface area contributed by atoms with Crippen molar-refractivity contribution >= 4 is 34.1 Å². The normalized spacial score (nSPS) is 11.4. The van der Waals surface area contributed by atoms with Crippen molar-refractivity contribution in [1.82, 2.24) is 15.5 Å². The van der Waals surface area contributed by atoms with Crippen molar-refractivity contribution in [3.05, 3.63) is 90.0 Å². The minimum absolute atomic E-state index is 0.315. The molecule has 1 unspecified atom stereocenters. The maximum absolute atomic E-state index is 13.2. The molecule has 0 aliphatic rings. The van der Waals surface area contributed by atoms with Gasteiger partial charge in [0.25, 0.3) is 0 Å². The highest BCUT2D eigenvalue weighted by molar-refractivity contribution is 7.18. The first-order valence-electron chi connectivity index (χ1n) is 11.0. The van der Waals surface area contributed by atoms with E-state index in [9.17, 15) is 9.59 Å². The Labute approximate surface area is 207 Å². The number of carbonyl (C=O) groups excluding carboxylic acids is 2. The fourth-order valence-electron chi connectivity index (χ4n) is 3.45. The van der Waals surface area contributed by atoms with E-state index in [1.165, 1.54) is 11.3 Å². The molecule has 3 aromatic carbocycles. The van der Waals surface area contributed by atoms with Crippen LogP contribution in [-0.2, 0) is 11.2 Å². The van der Waals surface area contributed by atoms with Gasteiger partial charge in [-0.1, -0.05) is 65.9 Å². The first-order valence-corrected chi connectivity index (χ1v) is 11.8. The van der Waals surface area contributed by atoms with Crippen LogP contribution in [0.3, 0.4) is 0 Å². The number of anilines is 2. The molecule has 1 aromatic heterocycles. The van der Waals surface area contributed by atoms with Gasteiger partial charge in [-0.05, 0) is 42.3 Å². The number of nitrogens with zero attached hydrogens (tertiary/aromatic N) is 2. The summed E-state index contributed by atoms with van der Waals surface area (Å²) in [6.07, 6.45) is 0.315. The number of ether oxygens (including phenoxy) is 1. The van der Waals surface area contributed by atoms with E-state index in [0.29, 0.717) is 28.0 Å². The lowest BCUT2D eigenvalue weighted by Gasteiger charge is -2.18. The van der Waals surface area contributed by atoms with Crippen LogP contribution in [0.4, 0.5) is 15.6 Å². The third kappa shape index (κ3) is 6.64. The molecule has 8 nitrogen and oxygen atoms in total. The monoisotopic (exact) mass is 487 g/mol. The number of hydrogen-bond acceptors (Lipinski definition) is 6. The summed E-state index contributed by atoms with van der Waals surface area (Å²) in [5.41, 5.74) is 3.41. The molecule has 1 atom stereocenters. The summed E-state index contributed by atoms with van der Waals surface area (Å²) in [4.78, 5) is 25.9. The zero-order chi connectivity index (χ0) is 24.6. The Morgan fingerprint density at radius 2 is 1.74 bits per heavy atom. The molecule has 0 aliphatic carbocycles. The Morgan fingerprint density at radius 1 is 0.943 bits per heavy atom. The molecule has 0 fully saturated rings. The van der Waals surface area contributed by atoms with Gasteiger partial charge in [0.1, 0.15) is 16.8 Å². The summed E-state index contributed by atoms with van der Waals surface area (Å²) in [7, 11) is 1.60. The number of rotatable bonds is 8. The zero-order valence-electron chi connectivity index (χ0n) is 19.3. The lowest BCUT2D eigenvalue weighted by atomic mass is 10.1. The van der Waals surface area contributed by atoms with Gasteiger partial charge in [0, 0.05) is 17.7 Å². The highest BCUT2D eigenvalue weighted by Crippen LogP contribution is 2.28. The molecule has 3 amide bonds. The first kappa shape index (κ1) is 23.9. The zero-order valence-corrected chi connectivity index (χ0v) is 20.1. The van der Waals surface area contributed by atoms with Gasteiger partial charge in [-0.15, -0.1) is 10.2 Å². The smallest absolute Gasteiger partial charge is 0.319 e. The maximum atomic E-state index is 13.2. The van der Waals surface area contributed by atoms with E-state index in [0.717, 1.165) is 16.7 Å². The topological polar surface area (TPSA) is 105 Å². The molecular formula is C26H25N5O3S. The van der Waals surface area contributed by atoms with Crippen LogP contribution in [-0.4, -0.2) is 35.3 Å². The molecule has 178 valence electrons. The third-order valence-electron chi connectivity index (χ3n) is 5.15. The molecule has 35 heavy (non-hydrogen) atoms. The van der Waals surface area contributed by atoms with Crippen molar-refractivity contribution in [2.24, 2.45) is 0 Å². The second kappa shape index (κ2) is 11.3. The van der Waals surface area contributed by atoms with Gasteiger partial charge in [0.15, 0.2) is 0 Å². The molecule has 1 heterocycles. The molecule has 9 heteroatoms. The maximum Gasteiger partial charge on any atom is 0.319 e.